The molecule has 11 nitrogen and oxygen atoms in total. The predicted octanol–water partition coefficient (Wildman–Crippen LogP) is 5.72. The van der Waals surface area contributed by atoms with Gasteiger partial charge in [0, 0.05) is 69.6 Å². The topological polar surface area (TPSA) is 113 Å². The van der Waals surface area contributed by atoms with E-state index in [4.69, 9.17) is 32.7 Å². The Balaban J connectivity index is 1.01. The molecular formula is C37H38Cl2FN7O4. The number of imidazole rings is 1. The first-order valence-electron chi connectivity index (χ1n) is 17.0. The largest absolute Gasteiger partial charge is 0.493 e. The minimum atomic E-state index is -0.650. The summed E-state index contributed by atoms with van der Waals surface area (Å²) in [5.41, 5.74) is 6.42. The van der Waals surface area contributed by atoms with Crippen LogP contribution in [-0.4, -0.2) is 77.2 Å². The Morgan fingerprint density at radius 3 is 2.67 bits per heavy atom. The van der Waals surface area contributed by atoms with E-state index in [9.17, 15) is 9.59 Å². The fourth-order valence-electron chi connectivity index (χ4n) is 8.02. The van der Waals surface area contributed by atoms with E-state index >= 15 is 4.39 Å². The number of likely N-dealkylation sites (tertiary alicyclic amines) is 1. The van der Waals surface area contributed by atoms with E-state index in [1.807, 2.05) is 49.0 Å². The highest BCUT2D eigenvalue weighted by atomic mass is 35.5. The standard InChI is InChI=1S/C37H38Cl2FN7O4/c1-45-13-12-28-27(16-45)42-34(46(28)2)35(48)43-26-9-5-8-24(30(26)39)21-6-4-7-23-22(21)10-11-29(23)51-33-25(38)14-20(32(50-3)31(33)40)15-47-18-37(19-47)17-41-36(49)44-37/h4-9,14,29H,10-13,15-19H2,1-3H3,(H,43,48)(H2,41,44,49). The molecule has 8 rings (SSSR count). The molecule has 4 heterocycles. The van der Waals surface area contributed by atoms with Crippen LogP contribution in [0.1, 0.15) is 51.2 Å². The predicted molar refractivity (Wildman–Crippen MR) is 192 cm³/mol. The third-order valence-corrected chi connectivity index (χ3v) is 11.2. The molecular weight excluding hydrogens is 696 g/mol. The van der Waals surface area contributed by atoms with Crippen molar-refractivity contribution in [3.63, 3.8) is 0 Å². The molecule has 3 N–H and O–H groups in total. The summed E-state index contributed by atoms with van der Waals surface area (Å²) in [4.78, 5) is 34.0. The van der Waals surface area contributed by atoms with Crippen LogP contribution in [0.25, 0.3) is 11.1 Å². The maximum Gasteiger partial charge on any atom is 0.315 e. The molecule has 51 heavy (non-hydrogen) atoms. The zero-order valence-electron chi connectivity index (χ0n) is 28.5. The number of methoxy groups -OCH3 is 1. The lowest BCUT2D eigenvalue weighted by Gasteiger charge is -2.47. The van der Waals surface area contributed by atoms with Gasteiger partial charge in [0.2, 0.25) is 5.82 Å². The number of fused-ring (bicyclic) bond motifs is 2. The third kappa shape index (κ3) is 5.97. The number of carbonyl (C=O) groups excluding carboxylic acids is 2. The van der Waals surface area contributed by atoms with Crippen LogP contribution in [0.5, 0.6) is 11.5 Å². The molecule has 3 aliphatic heterocycles. The smallest absolute Gasteiger partial charge is 0.315 e. The van der Waals surface area contributed by atoms with Crippen molar-refractivity contribution in [1.82, 2.24) is 30.0 Å². The summed E-state index contributed by atoms with van der Waals surface area (Å²) in [7, 11) is 5.35. The zero-order chi connectivity index (χ0) is 35.6. The molecule has 0 radical (unpaired) electrons. The van der Waals surface area contributed by atoms with Gasteiger partial charge < -0.3 is 34.9 Å². The molecule has 14 heteroatoms. The fourth-order valence-corrected chi connectivity index (χ4v) is 8.56. The molecule has 2 saturated heterocycles. The number of hydrogen-bond acceptors (Lipinski definition) is 7. The minimum Gasteiger partial charge on any atom is -0.493 e. The normalized spacial score (nSPS) is 19.3. The quantitative estimate of drug-likeness (QED) is 0.213. The molecule has 4 aromatic rings. The number of benzene rings is 3. The first-order valence-corrected chi connectivity index (χ1v) is 17.7. The van der Waals surface area contributed by atoms with Crippen LogP contribution in [0.2, 0.25) is 10.0 Å². The van der Waals surface area contributed by atoms with Crippen LogP contribution in [0.4, 0.5) is 14.9 Å². The molecule has 1 aromatic heterocycles. The maximum atomic E-state index is 16.0. The van der Waals surface area contributed by atoms with Crippen LogP contribution >= 0.6 is 23.2 Å². The Bertz CT molecular complexity index is 2080. The van der Waals surface area contributed by atoms with Gasteiger partial charge in [0.25, 0.3) is 5.91 Å². The summed E-state index contributed by atoms with van der Waals surface area (Å²) in [5, 5.41) is 9.32. The number of hydrogen-bond donors (Lipinski definition) is 3. The van der Waals surface area contributed by atoms with E-state index < -0.39 is 11.9 Å². The Morgan fingerprint density at radius 2 is 1.90 bits per heavy atom. The maximum absolute atomic E-state index is 16.0. The van der Waals surface area contributed by atoms with Crippen molar-refractivity contribution in [1.29, 1.82) is 0 Å². The molecule has 1 aliphatic carbocycles. The number of aromatic nitrogens is 2. The summed E-state index contributed by atoms with van der Waals surface area (Å²) in [6.45, 7) is 3.86. The number of carbonyl (C=O) groups is 2. The van der Waals surface area contributed by atoms with Crippen molar-refractivity contribution >= 4 is 40.8 Å². The second kappa shape index (κ2) is 13.0. The van der Waals surface area contributed by atoms with Crippen molar-refractivity contribution in [2.75, 3.05) is 45.7 Å². The number of likely N-dealkylation sites (N-methyl/N-ethyl adjacent to an activating group) is 1. The van der Waals surface area contributed by atoms with Gasteiger partial charge in [-0.1, -0.05) is 53.5 Å². The van der Waals surface area contributed by atoms with Crippen LogP contribution in [0, 0.1) is 5.82 Å². The van der Waals surface area contributed by atoms with E-state index in [2.05, 4.69) is 30.7 Å². The van der Waals surface area contributed by atoms with Crippen molar-refractivity contribution < 1.29 is 23.5 Å². The molecule has 1 unspecified atom stereocenters. The first-order chi connectivity index (χ1) is 24.5. The summed E-state index contributed by atoms with van der Waals surface area (Å²) in [6.07, 6.45) is 1.66. The number of nitrogens with one attached hydrogen (secondary N) is 3. The van der Waals surface area contributed by atoms with E-state index in [-0.39, 0.29) is 34.0 Å². The van der Waals surface area contributed by atoms with Gasteiger partial charge >= 0.3 is 6.03 Å². The number of rotatable bonds is 8. The molecule has 3 amide bonds. The van der Waals surface area contributed by atoms with Gasteiger partial charge in [-0.2, -0.15) is 4.39 Å². The van der Waals surface area contributed by atoms with E-state index in [1.165, 1.54) is 7.11 Å². The zero-order valence-corrected chi connectivity index (χ0v) is 30.1. The van der Waals surface area contributed by atoms with Gasteiger partial charge in [0.05, 0.1) is 34.1 Å². The van der Waals surface area contributed by atoms with Gasteiger partial charge in [-0.25, -0.2) is 9.78 Å². The molecule has 1 spiro atoms. The fraction of sp³-hybridized carbons (Fsp3) is 0.378. The van der Waals surface area contributed by atoms with Gasteiger partial charge in [-0.3, -0.25) is 9.69 Å². The molecule has 1 atom stereocenters. The van der Waals surface area contributed by atoms with Crippen molar-refractivity contribution in [2.45, 2.75) is 44.0 Å². The lowest BCUT2D eigenvalue weighted by Crippen LogP contribution is -2.68. The highest BCUT2D eigenvalue weighted by Gasteiger charge is 2.48. The lowest BCUT2D eigenvalue weighted by molar-refractivity contribution is 0.0586. The SMILES string of the molecule is COc1c(CN2CC3(CNC(=O)N3)C2)cc(Cl)c(OC2CCc3c(-c4cccc(NC(=O)c5nc6c(n5C)CCN(C)C6)c4Cl)cccc32)c1F. The highest BCUT2D eigenvalue weighted by molar-refractivity contribution is 6.36. The summed E-state index contributed by atoms with van der Waals surface area (Å²) < 4.78 is 29.8. The van der Waals surface area contributed by atoms with Crippen LogP contribution in [0.3, 0.4) is 0 Å². The number of anilines is 1. The van der Waals surface area contributed by atoms with E-state index in [0.717, 1.165) is 46.6 Å². The Hall–Kier alpha value is -4.36. The van der Waals surface area contributed by atoms with Crippen molar-refractivity contribution in [3.05, 3.63) is 92.2 Å². The van der Waals surface area contributed by atoms with Gasteiger partial charge in [-0.15, -0.1) is 0 Å². The summed E-state index contributed by atoms with van der Waals surface area (Å²) in [5.74, 6) is -0.604. The number of halogens is 3. The minimum absolute atomic E-state index is 0.0572. The second-order valence-corrected chi connectivity index (χ2v) is 14.7. The lowest BCUT2D eigenvalue weighted by atomic mass is 9.90. The van der Waals surface area contributed by atoms with Gasteiger partial charge in [-0.05, 0) is 48.7 Å². The molecule has 3 aromatic carbocycles. The van der Waals surface area contributed by atoms with E-state index in [1.54, 1.807) is 12.1 Å². The van der Waals surface area contributed by atoms with Crippen LogP contribution in [-0.2, 0) is 33.0 Å². The number of amides is 3. The molecule has 4 aliphatic rings. The summed E-state index contributed by atoms with van der Waals surface area (Å²) in [6, 6.07) is 13.0. The number of ether oxygens (including phenoxy) is 2. The third-order valence-electron chi connectivity index (χ3n) is 10.5. The van der Waals surface area contributed by atoms with Gasteiger partial charge in [0.1, 0.15) is 6.10 Å². The highest BCUT2D eigenvalue weighted by Crippen LogP contribution is 2.46. The number of nitrogens with zero attached hydrogens (tertiary/aromatic N) is 4. The second-order valence-electron chi connectivity index (χ2n) is 13.9. The average Bonchev–Trinajstić information content (AvgIpc) is 3.78. The van der Waals surface area contributed by atoms with E-state index in [0.29, 0.717) is 67.7 Å². The average molecular weight is 735 g/mol. The van der Waals surface area contributed by atoms with Crippen molar-refractivity contribution in [2.24, 2.45) is 7.05 Å². The molecule has 266 valence electrons. The summed E-state index contributed by atoms with van der Waals surface area (Å²) >= 11 is 13.7. The Labute approximate surface area is 305 Å². The van der Waals surface area contributed by atoms with Crippen molar-refractivity contribution in [3.8, 4) is 22.6 Å². The Morgan fingerprint density at radius 1 is 1.12 bits per heavy atom. The number of urea groups is 1. The Kier molecular flexibility index (Phi) is 8.61. The van der Waals surface area contributed by atoms with Crippen LogP contribution < -0.4 is 25.4 Å². The first kappa shape index (κ1) is 33.8. The molecule has 0 bridgehead atoms. The molecule has 0 saturated carbocycles. The van der Waals surface area contributed by atoms with Crippen LogP contribution in [0.15, 0.2) is 42.5 Å². The van der Waals surface area contributed by atoms with Gasteiger partial charge in [0.15, 0.2) is 17.3 Å². The monoisotopic (exact) mass is 733 g/mol. The molecule has 2 fully saturated rings.